The number of hydrogen-bond acceptors (Lipinski definition) is 3. The molecule has 4 heteroatoms. The van der Waals surface area contributed by atoms with Crippen molar-refractivity contribution in [2.75, 3.05) is 13.1 Å². The molecule has 1 amide bonds. The minimum atomic E-state index is -0.297. The lowest BCUT2D eigenvalue weighted by molar-refractivity contribution is -0.162. The Morgan fingerprint density at radius 2 is 2.06 bits per heavy atom. The second-order valence-electron chi connectivity index (χ2n) is 3.98. The summed E-state index contributed by atoms with van der Waals surface area (Å²) in [4.78, 5) is 10.7. The molecule has 0 fully saturated rings. The van der Waals surface area contributed by atoms with Crippen LogP contribution in [0.15, 0.2) is 12.3 Å². The molecular formula is C12H24N2O2. The molecule has 0 aliphatic rings. The molecule has 0 aromatic carbocycles. The Hall–Kier alpha value is -1.03. The topological polar surface area (TPSA) is 52.6 Å². The minimum absolute atomic E-state index is 0.297. The molecule has 0 heterocycles. The summed E-state index contributed by atoms with van der Waals surface area (Å²) in [6.45, 7) is 8.74. The quantitative estimate of drug-likeness (QED) is 0.362. The van der Waals surface area contributed by atoms with Gasteiger partial charge in [-0.25, -0.2) is 5.06 Å². The van der Waals surface area contributed by atoms with Crippen LogP contribution < -0.4 is 5.32 Å². The second-order valence-corrected chi connectivity index (χ2v) is 3.98. The van der Waals surface area contributed by atoms with Gasteiger partial charge in [-0.3, -0.25) is 10.0 Å². The third-order valence-corrected chi connectivity index (χ3v) is 2.34. The van der Waals surface area contributed by atoms with E-state index in [0.717, 1.165) is 49.4 Å². The summed E-state index contributed by atoms with van der Waals surface area (Å²) in [7, 11) is 0. The van der Waals surface area contributed by atoms with Crippen molar-refractivity contribution < 1.29 is 10.0 Å². The van der Waals surface area contributed by atoms with Crippen LogP contribution in [0.1, 0.15) is 46.0 Å². The predicted molar refractivity (Wildman–Crippen MR) is 65.1 cm³/mol. The molecule has 0 spiro atoms. The first kappa shape index (κ1) is 15.0. The van der Waals surface area contributed by atoms with E-state index < -0.39 is 0 Å². The summed E-state index contributed by atoms with van der Waals surface area (Å²) >= 11 is 0. The van der Waals surface area contributed by atoms with Gasteiger partial charge in [-0.2, -0.15) is 0 Å². The van der Waals surface area contributed by atoms with Crippen molar-refractivity contribution in [2.24, 2.45) is 0 Å². The number of carbonyl (C=O) groups excluding carboxylic acids is 1. The molecule has 0 aliphatic heterocycles. The Morgan fingerprint density at radius 3 is 2.62 bits per heavy atom. The first-order valence-corrected chi connectivity index (χ1v) is 5.96. The highest BCUT2D eigenvalue weighted by atomic mass is 16.5. The average molecular weight is 228 g/mol. The van der Waals surface area contributed by atoms with Crippen LogP contribution >= 0.6 is 0 Å². The van der Waals surface area contributed by atoms with Gasteiger partial charge in [0, 0.05) is 25.7 Å². The normalized spacial score (nSPS) is 9.94. The zero-order valence-electron chi connectivity index (χ0n) is 10.5. The molecule has 0 rings (SSSR count). The first-order chi connectivity index (χ1) is 7.57. The van der Waals surface area contributed by atoms with E-state index in [1.807, 2.05) is 0 Å². The number of amides is 1. The van der Waals surface area contributed by atoms with E-state index >= 15 is 0 Å². The number of rotatable bonds is 9. The molecular weight excluding hydrogens is 204 g/mol. The molecule has 0 bridgehead atoms. The standard InChI is InChI=1S/C12H24N2O2/c1-4-8-11(2)13-9-6-5-7-10-14(16)12(3)15/h13,16H,2,4-10H2,1,3H3. The number of nitrogens with one attached hydrogen (secondary N) is 1. The molecule has 2 N–H and O–H groups in total. The van der Waals surface area contributed by atoms with Crippen molar-refractivity contribution in [1.29, 1.82) is 0 Å². The Bertz CT molecular complexity index is 217. The van der Waals surface area contributed by atoms with Gasteiger partial charge in [0.05, 0.1) is 0 Å². The molecule has 0 radical (unpaired) electrons. The lowest BCUT2D eigenvalue weighted by Crippen LogP contribution is -2.25. The van der Waals surface area contributed by atoms with E-state index in [-0.39, 0.29) is 5.91 Å². The van der Waals surface area contributed by atoms with Crippen molar-refractivity contribution in [3.05, 3.63) is 12.3 Å². The summed E-state index contributed by atoms with van der Waals surface area (Å²) < 4.78 is 0. The first-order valence-electron chi connectivity index (χ1n) is 5.96. The van der Waals surface area contributed by atoms with Gasteiger partial charge in [-0.05, 0) is 25.7 Å². The van der Waals surface area contributed by atoms with Gasteiger partial charge >= 0.3 is 0 Å². The monoisotopic (exact) mass is 228 g/mol. The van der Waals surface area contributed by atoms with Crippen molar-refractivity contribution in [2.45, 2.75) is 46.0 Å². The number of unbranched alkanes of at least 4 members (excludes halogenated alkanes) is 2. The molecule has 0 aromatic rings. The van der Waals surface area contributed by atoms with Crippen LogP contribution in [0, 0.1) is 0 Å². The molecule has 0 unspecified atom stereocenters. The van der Waals surface area contributed by atoms with Gasteiger partial charge in [-0.1, -0.05) is 19.9 Å². The smallest absolute Gasteiger partial charge is 0.242 e. The van der Waals surface area contributed by atoms with Crippen LogP contribution in [0.5, 0.6) is 0 Å². The van der Waals surface area contributed by atoms with Crippen molar-refractivity contribution >= 4 is 5.91 Å². The van der Waals surface area contributed by atoms with Gasteiger partial charge < -0.3 is 5.32 Å². The van der Waals surface area contributed by atoms with Gasteiger partial charge in [0.2, 0.25) is 5.91 Å². The number of allylic oxidation sites excluding steroid dienone is 1. The lowest BCUT2D eigenvalue weighted by atomic mass is 10.2. The van der Waals surface area contributed by atoms with E-state index in [9.17, 15) is 4.79 Å². The molecule has 0 aromatic heterocycles. The van der Waals surface area contributed by atoms with Crippen molar-refractivity contribution in [3.63, 3.8) is 0 Å². The van der Waals surface area contributed by atoms with E-state index in [2.05, 4.69) is 18.8 Å². The molecule has 16 heavy (non-hydrogen) atoms. The van der Waals surface area contributed by atoms with Gasteiger partial charge in [0.15, 0.2) is 0 Å². The maximum atomic E-state index is 10.7. The molecule has 94 valence electrons. The molecule has 0 aliphatic carbocycles. The molecule has 4 nitrogen and oxygen atoms in total. The fourth-order valence-electron chi connectivity index (χ4n) is 1.38. The van der Waals surface area contributed by atoms with Crippen LogP contribution in [-0.2, 0) is 4.79 Å². The van der Waals surface area contributed by atoms with Gasteiger partial charge in [-0.15, -0.1) is 0 Å². The van der Waals surface area contributed by atoms with Crippen molar-refractivity contribution in [1.82, 2.24) is 10.4 Å². The maximum Gasteiger partial charge on any atom is 0.242 e. The average Bonchev–Trinajstić information content (AvgIpc) is 2.23. The third kappa shape index (κ3) is 8.29. The predicted octanol–water partition coefficient (Wildman–Crippen LogP) is 2.30. The fourth-order valence-corrected chi connectivity index (χ4v) is 1.38. The summed E-state index contributed by atoms with van der Waals surface area (Å²) in [5.41, 5.74) is 1.09. The number of hydrogen-bond donors (Lipinski definition) is 2. The number of nitrogens with zero attached hydrogens (tertiary/aromatic N) is 1. The van der Waals surface area contributed by atoms with E-state index in [0.29, 0.717) is 6.54 Å². The Balaban J connectivity index is 3.27. The fraction of sp³-hybridized carbons (Fsp3) is 0.750. The zero-order chi connectivity index (χ0) is 12.4. The molecule has 0 atom stereocenters. The number of carbonyl (C=O) groups is 1. The largest absolute Gasteiger partial charge is 0.389 e. The van der Waals surface area contributed by atoms with Crippen LogP contribution in [0.3, 0.4) is 0 Å². The summed E-state index contributed by atoms with van der Waals surface area (Å²) in [6, 6.07) is 0. The summed E-state index contributed by atoms with van der Waals surface area (Å²) in [5, 5.41) is 13.1. The maximum absolute atomic E-state index is 10.7. The van der Waals surface area contributed by atoms with E-state index in [1.165, 1.54) is 6.92 Å². The van der Waals surface area contributed by atoms with Crippen LogP contribution in [0.4, 0.5) is 0 Å². The lowest BCUT2D eigenvalue weighted by Gasteiger charge is -2.12. The Kier molecular flexibility index (Phi) is 8.62. The van der Waals surface area contributed by atoms with E-state index in [1.54, 1.807) is 0 Å². The zero-order valence-corrected chi connectivity index (χ0v) is 10.5. The van der Waals surface area contributed by atoms with Gasteiger partial charge in [0.25, 0.3) is 0 Å². The van der Waals surface area contributed by atoms with Crippen molar-refractivity contribution in [3.8, 4) is 0 Å². The highest BCUT2D eigenvalue weighted by Crippen LogP contribution is 2.00. The van der Waals surface area contributed by atoms with Crippen LogP contribution in [-0.4, -0.2) is 29.3 Å². The summed E-state index contributed by atoms with van der Waals surface area (Å²) in [6.07, 6.45) is 5.00. The van der Waals surface area contributed by atoms with Crippen LogP contribution in [0.2, 0.25) is 0 Å². The van der Waals surface area contributed by atoms with Gasteiger partial charge in [0.1, 0.15) is 0 Å². The second kappa shape index (κ2) is 9.21. The highest BCUT2D eigenvalue weighted by Gasteiger charge is 2.02. The Morgan fingerprint density at radius 1 is 1.38 bits per heavy atom. The van der Waals surface area contributed by atoms with Crippen LogP contribution in [0.25, 0.3) is 0 Å². The highest BCUT2D eigenvalue weighted by molar-refractivity contribution is 5.71. The SMILES string of the molecule is C=C(CCC)NCCCCCN(O)C(C)=O. The Labute approximate surface area is 98.3 Å². The molecule has 0 saturated heterocycles. The minimum Gasteiger partial charge on any atom is -0.389 e. The van der Waals surface area contributed by atoms with E-state index in [4.69, 9.17) is 5.21 Å². The molecule has 0 saturated carbocycles. The number of hydroxylamine groups is 2. The summed E-state index contributed by atoms with van der Waals surface area (Å²) in [5.74, 6) is -0.297. The third-order valence-electron chi connectivity index (χ3n) is 2.34.